The van der Waals surface area contributed by atoms with E-state index in [0.29, 0.717) is 50.6 Å². The Morgan fingerprint density at radius 3 is 2.09 bits per heavy atom. The quantitative estimate of drug-likeness (QED) is 0.527. The number of carbonyl (C=O) groups excluding carboxylic acids is 2. The molecule has 4 rings (SSSR count). The fourth-order valence-electron chi connectivity index (χ4n) is 5.51. The highest BCUT2D eigenvalue weighted by molar-refractivity contribution is 5.81. The van der Waals surface area contributed by atoms with Gasteiger partial charge >= 0.3 is 0 Å². The molecular weight excluding hydrogens is 408 g/mol. The summed E-state index contributed by atoms with van der Waals surface area (Å²) in [5, 5.41) is 11.3. The molecule has 0 radical (unpaired) electrons. The minimum atomic E-state index is -0.345. The van der Waals surface area contributed by atoms with E-state index in [0.717, 1.165) is 32.4 Å². The van der Waals surface area contributed by atoms with Gasteiger partial charge in [0.25, 0.3) is 5.69 Å². The number of anilines is 1. The fourth-order valence-corrected chi connectivity index (χ4v) is 5.51. The molecule has 8 heteroatoms. The molecule has 0 bridgehead atoms. The van der Waals surface area contributed by atoms with Gasteiger partial charge in [-0.15, -0.1) is 0 Å². The van der Waals surface area contributed by atoms with Gasteiger partial charge in [-0.2, -0.15) is 0 Å². The Balaban J connectivity index is 1.27. The van der Waals surface area contributed by atoms with Crippen molar-refractivity contribution in [2.24, 2.45) is 17.8 Å². The first-order valence-electron chi connectivity index (χ1n) is 12.0. The molecule has 1 unspecified atom stereocenters. The number of piperidine rings is 3. The lowest BCUT2D eigenvalue weighted by atomic mass is 9.90. The average Bonchev–Trinajstić information content (AvgIpc) is 2.83. The third-order valence-corrected chi connectivity index (χ3v) is 7.39. The highest BCUT2D eigenvalue weighted by Gasteiger charge is 2.35. The largest absolute Gasteiger partial charge is 0.366 e. The summed E-state index contributed by atoms with van der Waals surface area (Å²) in [4.78, 5) is 43.0. The number of amides is 2. The summed E-state index contributed by atoms with van der Waals surface area (Å²) in [6.45, 7) is 6.55. The lowest BCUT2D eigenvalue weighted by molar-refractivity contribution is -0.384. The zero-order valence-electron chi connectivity index (χ0n) is 18.9. The minimum absolute atomic E-state index is 0.0378. The van der Waals surface area contributed by atoms with Crippen molar-refractivity contribution in [3.63, 3.8) is 0 Å². The Morgan fingerprint density at radius 2 is 1.47 bits per heavy atom. The fraction of sp³-hybridized carbons (Fsp3) is 0.667. The summed E-state index contributed by atoms with van der Waals surface area (Å²) >= 11 is 0. The van der Waals surface area contributed by atoms with Crippen LogP contribution >= 0.6 is 0 Å². The summed E-state index contributed by atoms with van der Waals surface area (Å²) in [6.07, 6.45) is 5.21. The number of hydrogen-bond donors (Lipinski definition) is 0. The van der Waals surface area contributed by atoms with E-state index in [1.165, 1.54) is 12.5 Å². The van der Waals surface area contributed by atoms with E-state index < -0.39 is 0 Å². The van der Waals surface area contributed by atoms with E-state index in [1.807, 2.05) is 20.8 Å². The van der Waals surface area contributed by atoms with E-state index >= 15 is 0 Å². The number of likely N-dealkylation sites (tertiary alicyclic amines) is 2. The number of para-hydroxylation sites is 2. The van der Waals surface area contributed by atoms with Crippen LogP contribution in [0.25, 0.3) is 0 Å². The number of nitro benzene ring substituents is 1. The number of carbonyl (C=O) groups is 2. The lowest BCUT2D eigenvalue weighted by Gasteiger charge is -2.39. The van der Waals surface area contributed by atoms with Crippen molar-refractivity contribution in [1.82, 2.24) is 9.80 Å². The van der Waals surface area contributed by atoms with Crippen LogP contribution in [0, 0.1) is 27.9 Å². The van der Waals surface area contributed by atoms with Gasteiger partial charge in [0.1, 0.15) is 5.69 Å². The average molecular weight is 443 g/mol. The number of nitrogens with zero attached hydrogens (tertiary/aromatic N) is 4. The topological polar surface area (TPSA) is 87.0 Å². The van der Waals surface area contributed by atoms with Gasteiger partial charge in [-0.1, -0.05) is 19.1 Å². The molecule has 3 aliphatic rings. The number of benzene rings is 1. The molecule has 0 spiro atoms. The smallest absolute Gasteiger partial charge is 0.292 e. The molecule has 0 N–H and O–H groups in total. The van der Waals surface area contributed by atoms with Crippen LogP contribution in [0.3, 0.4) is 0 Å². The maximum absolute atomic E-state index is 13.1. The maximum atomic E-state index is 13.1. The Kier molecular flexibility index (Phi) is 6.96. The molecule has 32 heavy (non-hydrogen) atoms. The van der Waals surface area contributed by atoms with Gasteiger partial charge in [0.15, 0.2) is 0 Å². The molecule has 2 amide bonds. The van der Waals surface area contributed by atoms with Crippen molar-refractivity contribution in [2.45, 2.75) is 45.4 Å². The summed E-state index contributed by atoms with van der Waals surface area (Å²) in [6, 6.07) is 6.81. The van der Waals surface area contributed by atoms with Crippen molar-refractivity contribution in [2.75, 3.05) is 44.2 Å². The van der Waals surface area contributed by atoms with Crippen LogP contribution in [0.2, 0.25) is 0 Å². The lowest BCUT2D eigenvalue weighted by Crippen LogP contribution is -2.49. The van der Waals surface area contributed by atoms with Crippen molar-refractivity contribution >= 4 is 23.2 Å². The van der Waals surface area contributed by atoms with Gasteiger partial charge < -0.3 is 14.7 Å². The predicted octanol–water partition coefficient (Wildman–Crippen LogP) is 3.31. The second kappa shape index (κ2) is 9.88. The van der Waals surface area contributed by atoms with Crippen molar-refractivity contribution in [1.29, 1.82) is 0 Å². The van der Waals surface area contributed by atoms with E-state index in [-0.39, 0.29) is 34.3 Å². The molecule has 0 aliphatic carbocycles. The predicted molar refractivity (Wildman–Crippen MR) is 122 cm³/mol. The molecule has 0 saturated carbocycles. The monoisotopic (exact) mass is 442 g/mol. The number of nitro groups is 1. The molecule has 3 heterocycles. The van der Waals surface area contributed by atoms with E-state index in [1.54, 1.807) is 12.1 Å². The number of hydrogen-bond acceptors (Lipinski definition) is 5. The number of rotatable bonds is 4. The van der Waals surface area contributed by atoms with Crippen LogP contribution in [0.4, 0.5) is 11.4 Å². The van der Waals surface area contributed by atoms with Crippen LogP contribution < -0.4 is 4.90 Å². The molecular formula is C24H34N4O4. The first kappa shape index (κ1) is 22.6. The Hall–Kier alpha value is -2.64. The van der Waals surface area contributed by atoms with E-state index in [9.17, 15) is 19.7 Å². The van der Waals surface area contributed by atoms with Crippen LogP contribution in [0.1, 0.15) is 45.4 Å². The summed E-state index contributed by atoms with van der Waals surface area (Å²) in [5.41, 5.74) is 0.752. The highest BCUT2D eigenvalue weighted by atomic mass is 16.6. The van der Waals surface area contributed by atoms with E-state index in [2.05, 4.69) is 6.92 Å². The van der Waals surface area contributed by atoms with Crippen LogP contribution in [-0.2, 0) is 9.59 Å². The summed E-state index contributed by atoms with van der Waals surface area (Å²) in [7, 11) is 0. The van der Waals surface area contributed by atoms with Crippen LogP contribution in [-0.4, -0.2) is 65.8 Å². The van der Waals surface area contributed by atoms with E-state index in [4.69, 9.17) is 0 Å². The van der Waals surface area contributed by atoms with Crippen LogP contribution in [0.5, 0.6) is 0 Å². The summed E-state index contributed by atoms with van der Waals surface area (Å²) in [5.74, 6) is 1.05. The standard InChI is InChI=1S/C24H34N4O4/c1-18-5-4-12-27(17-18)24(30)20-10-15-26(16-11-20)23(29)19-8-13-25(14-9-19)21-6-2-3-7-22(21)28(31)32/h2-3,6-7,18-20H,4-5,8-17H2,1H3. The minimum Gasteiger partial charge on any atom is -0.366 e. The van der Waals surface area contributed by atoms with Gasteiger partial charge in [0.05, 0.1) is 4.92 Å². The Labute approximate surface area is 189 Å². The van der Waals surface area contributed by atoms with Gasteiger partial charge in [0.2, 0.25) is 11.8 Å². The SMILES string of the molecule is CC1CCCN(C(=O)C2CCN(C(=O)C3CCN(c4ccccc4[N+](=O)[O-])CC3)CC2)C1. The second-order valence-electron chi connectivity index (χ2n) is 9.64. The molecule has 3 fully saturated rings. The van der Waals surface area contributed by atoms with Gasteiger partial charge in [-0.3, -0.25) is 19.7 Å². The molecule has 1 atom stereocenters. The van der Waals surface area contributed by atoms with Crippen molar-refractivity contribution in [3.8, 4) is 0 Å². The molecule has 3 aliphatic heterocycles. The van der Waals surface area contributed by atoms with Crippen molar-refractivity contribution in [3.05, 3.63) is 34.4 Å². The highest BCUT2D eigenvalue weighted by Crippen LogP contribution is 2.32. The first-order chi connectivity index (χ1) is 15.4. The third-order valence-electron chi connectivity index (χ3n) is 7.39. The summed E-state index contributed by atoms with van der Waals surface area (Å²) < 4.78 is 0. The molecule has 3 saturated heterocycles. The maximum Gasteiger partial charge on any atom is 0.292 e. The zero-order chi connectivity index (χ0) is 22.7. The van der Waals surface area contributed by atoms with Gasteiger partial charge in [-0.05, 0) is 50.5 Å². The molecule has 8 nitrogen and oxygen atoms in total. The normalized spacial score (nSPS) is 23.3. The zero-order valence-corrected chi connectivity index (χ0v) is 18.9. The molecule has 1 aromatic carbocycles. The molecule has 174 valence electrons. The van der Waals surface area contributed by atoms with Crippen LogP contribution in [0.15, 0.2) is 24.3 Å². The van der Waals surface area contributed by atoms with Gasteiger partial charge in [-0.25, -0.2) is 0 Å². The second-order valence-corrected chi connectivity index (χ2v) is 9.64. The Bertz CT molecular complexity index is 844. The Morgan fingerprint density at radius 1 is 0.875 bits per heavy atom. The van der Waals surface area contributed by atoms with Gasteiger partial charge in [0, 0.05) is 57.2 Å². The molecule has 0 aromatic heterocycles. The first-order valence-corrected chi connectivity index (χ1v) is 12.0. The third kappa shape index (κ3) is 4.89. The van der Waals surface area contributed by atoms with Crippen molar-refractivity contribution < 1.29 is 14.5 Å². The molecule has 1 aromatic rings.